The molecule has 1 aliphatic rings. The number of nitrogens with one attached hydrogen (secondary N) is 2. The number of carbonyl (C=O) groups is 1. The van der Waals surface area contributed by atoms with E-state index in [1.165, 1.54) is 6.92 Å². The molecule has 4 rings (SSSR count). The van der Waals surface area contributed by atoms with Crippen LogP contribution in [0.3, 0.4) is 0 Å². The first-order valence-electron chi connectivity index (χ1n) is 9.97. The van der Waals surface area contributed by atoms with Crippen molar-refractivity contribution < 1.29 is 4.79 Å². The minimum absolute atomic E-state index is 0.0916. The molecule has 3 aromatic carbocycles. The molecule has 0 unspecified atom stereocenters. The first-order valence-corrected chi connectivity index (χ1v) is 9.97. The molecule has 5 nitrogen and oxygen atoms in total. The van der Waals surface area contributed by atoms with Crippen LogP contribution in [0.1, 0.15) is 6.92 Å². The lowest BCUT2D eigenvalue weighted by Gasteiger charge is -2.07. The predicted molar refractivity (Wildman–Crippen MR) is 129 cm³/mol. The summed E-state index contributed by atoms with van der Waals surface area (Å²) in [4.78, 5) is 20.4. The highest BCUT2D eigenvalue weighted by molar-refractivity contribution is 6.19. The Bertz CT molecular complexity index is 1150. The smallest absolute Gasteiger partial charge is 0.221 e. The number of hydrogen-bond acceptors (Lipinski definition) is 4. The molecule has 5 heteroatoms. The van der Waals surface area contributed by atoms with Gasteiger partial charge >= 0.3 is 0 Å². The summed E-state index contributed by atoms with van der Waals surface area (Å²) in [7, 11) is 0. The van der Waals surface area contributed by atoms with Crippen LogP contribution in [0.4, 0.5) is 28.4 Å². The number of benzene rings is 3. The maximum Gasteiger partial charge on any atom is 0.221 e. The highest BCUT2D eigenvalue weighted by Crippen LogP contribution is 2.21. The van der Waals surface area contributed by atoms with Gasteiger partial charge in [0.25, 0.3) is 0 Å². The van der Waals surface area contributed by atoms with E-state index >= 15 is 0 Å². The van der Waals surface area contributed by atoms with Gasteiger partial charge in [0.05, 0.1) is 22.8 Å². The Kier molecular flexibility index (Phi) is 6.14. The van der Waals surface area contributed by atoms with Crippen molar-refractivity contribution in [3.63, 3.8) is 0 Å². The molecule has 0 saturated heterocycles. The number of carbonyl (C=O) groups excluding carboxylic acids is 1. The number of hydrogen-bond donors (Lipinski definition) is 2. The fraction of sp³-hybridized carbons (Fsp3) is 0.0385. The largest absolute Gasteiger partial charge is 0.356 e. The van der Waals surface area contributed by atoms with Crippen molar-refractivity contribution in [2.24, 2.45) is 9.98 Å². The Hall–Kier alpha value is -4.25. The molecular formula is C26H22N4O. The van der Waals surface area contributed by atoms with Gasteiger partial charge < -0.3 is 10.6 Å². The molecule has 31 heavy (non-hydrogen) atoms. The summed E-state index contributed by atoms with van der Waals surface area (Å²) in [6.07, 6.45) is 7.76. The topological polar surface area (TPSA) is 65.8 Å². The Morgan fingerprint density at radius 3 is 1.55 bits per heavy atom. The van der Waals surface area contributed by atoms with Gasteiger partial charge in [-0.1, -0.05) is 18.2 Å². The van der Waals surface area contributed by atoms with Crippen molar-refractivity contribution >= 4 is 45.8 Å². The standard InChI is InChI=1S/C26H22N4O/c1-19(31)27-21-7-9-23(10-8-21)29-25-15-17-26(18-16-25)30-24-13-11-22(12-14-24)28-20-5-3-2-4-6-20/h2-18,28H,1H3,(H,27,31). The molecule has 152 valence electrons. The average molecular weight is 406 g/mol. The van der Waals surface area contributed by atoms with Crippen LogP contribution in [0.5, 0.6) is 0 Å². The van der Waals surface area contributed by atoms with Crippen LogP contribution in [-0.4, -0.2) is 17.3 Å². The van der Waals surface area contributed by atoms with E-state index < -0.39 is 0 Å². The molecule has 0 atom stereocenters. The van der Waals surface area contributed by atoms with Crippen molar-refractivity contribution in [2.75, 3.05) is 10.6 Å². The van der Waals surface area contributed by atoms with Crippen LogP contribution >= 0.6 is 0 Å². The first-order chi connectivity index (χ1) is 15.1. The zero-order chi connectivity index (χ0) is 21.5. The lowest BCUT2D eigenvalue weighted by Crippen LogP contribution is -2.05. The van der Waals surface area contributed by atoms with E-state index in [-0.39, 0.29) is 5.91 Å². The van der Waals surface area contributed by atoms with E-state index in [9.17, 15) is 4.79 Å². The average Bonchev–Trinajstić information content (AvgIpc) is 2.78. The lowest BCUT2D eigenvalue weighted by molar-refractivity contribution is -0.114. The van der Waals surface area contributed by atoms with Gasteiger partial charge in [0, 0.05) is 24.0 Å². The first kappa shape index (κ1) is 20.0. The van der Waals surface area contributed by atoms with Crippen molar-refractivity contribution in [1.29, 1.82) is 0 Å². The SMILES string of the molecule is CC(=O)Nc1ccc(N=C2C=CC(=Nc3ccc(Nc4ccccc4)cc3)C=C2)cc1. The van der Waals surface area contributed by atoms with Crippen molar-refractivity contribution in [3.8, 4) is 0 Å². The van der Waals surface area contributed by atoms with Gasteiger partial charge in [0.2, 0.25) is 5.91 Å². The van der Waals surface area contributed by atoms with Gasteiger partial charge in [-0.25, -0.2) is 9.98 Å². The van der Waals surface area contributed by atoms with Crippen LogP contribution < -0.4 is 10.6 Å². The van der Waals surface area contributed by atoms with E-state index in [0.29, 0.717) is 0 Å². The third kappa shape index (κ3) is 5.87. The van der Waals surface area contributed by atoms with E-state index in [4.69, 9.17) is 0 Å². The van der Waals surface area contributed by atoms with E-state index in [2.05, 4.69) is 20.6 Å². The predicted octanol–water partition coefficient (Wildman–Crippen LogP) is 6.36. The molecule has 1 aliphatic carbocycles. The highest BCUT2D eigenvalue weighted by Gasteiger charge is 2.02. The number of para-hydroxylation sites is 1. The Morgan fingerprint density at radius 1 is 0.613 bits per heavy atom. The number of allylic oxidation sites excluding steroid dienone is 4. The minimum atomic E-state index is -0.0916. The number of nitrogens with zero attached hydrogens (tertiary/aromatic N) is 2. The second-order valence-corrected chi connectivity index (χ2v) is 7.01. The lowest BCUT2D eigenvalue weighted by atomic mass is 10.1. The summed E-state index contributed by atoms with van der Waals surface area (Å²) in [5.41, 5.74) is 6.24. The maximum absolute atomic E-state index is 11.1. The van der Waals surface area contributed by atoms with Crippen molar-refractivity contribution in [1.82, 2.24) is 0 Å². The van der Waals surface area contributed by atoms with E-state index in [1.54, 1.807) is 0 Å². The molecule has 0 spiro atoms. The molecule has 0 aromatic heterocycles. The van der Waals surface area contributed by atoms with Gasteiger partial charge in [0.15, 0.2) is 0 Å². The molecule has 0 saturated carbocycles. The molecule has 0 fully saturated rings. The van der Waals surface area contributed by atoms with Crippen LogP contribution in [0, 0.1) is 0 Å². The quantitative estimate of drug-likeness (QED) is 0.484. The molecule has 0 bridgehead atoms. The summed E-state index contributed by atoms with van der Waals surface area (Å²) < 4.78 is 0. The normalized spacial score (nSPS) is 12.4. The number of anilines is 3. The number of aliphatic imine (C=N–C) groups is 2. The third-order valence-electron chi connectivity index (χ3n) is 4.48. The van der Waals surface area contributed by atoms with Crippen LogP contribution in [0.15, 0.2) is 113 Å². The summed E-state index contributed by atoms with van der Waals surface area (Å²) >= 11 is 0. The highest BCUT2D eigenvalue weighted by atomic mass is 16.1. The third-order valence-corrected chi connectivity index (χ3v) is 4.48. The zero-order valence-corrected chi connectivity index (χ0v) is 17.1. The van der Waals surface area contributed by atoms with Crippen LogP contribution in [0.2, 0.25) is 0 Å². The van der Waals surface area contributed by atoms with Crippen LogP contribution in [0.25, 0.3) is 0 Å². The number of amides is 1. The Labute approximate surface area is 181 Å². The summed E-state index contributed by atoms with van der Waals surface area (Å²) in [5.74, 6) is -0.0916. The Morgan fingerprint density at radius 2 is 1.06 bits per heavy atom. The molecule has 3 aromatic rings. The van der Waals surface area contributed by atoms with Gasteiger partial charge in [-0.15, -0.1) is 0 Å². The zero-order valence-electron chi connectivity index (χ0n) is 17.1. The van der Waals surface area contributed by atoms with E-state index in [0.717, 1.165) is 39.9 Å². The molecular weight excluding hydrogens is 384 g/mol. The van der Waals surface area contributed by atoms with Gasteiger partial charge in [-0.05, 0) is 85.0 Å². The van der Waals surface area contributed by atoms with Crippen molar-refractivity contribution in [2.45, 2.75) is 6.92 Å². The number of rotatable bonds is 5. The maximum atomic E-state index is 11.1. The van der Waals surface area contributed by atoms with E-state index in [1.807, 2.05) is 103 Å². The van der Waals surface area contributed by atoms with Crippen LogP contribution in [-0.2, 0) is 4.79 Å². The molecule has 0 aliphatic heterocycles. The Balaban J connectivity index is 1.39. The fourth-order valence-electron chi connectivity index (χ4n) is 3.03. The summed E-state index contributed by atoms with van der Waals surface area (Å²) in [6.45, 7) is 1.49. The molecule has 2 N–H and O–H groups in total. The fourth-order valence-corrected chi connectivity index (χ4v) is 3.03. The van der Waals surface area contributed by atoms with Gasteiger partial charge in [-0.3, -0.25) is 4.79 Å². The molecule has 0 heterocycles. The second-order valence-electron chi connectivity index (χ2n) is 7.01. The minimum Gasteiger partial charge on any atom is -0.356 e. The van der Waals surface area contributed by atoms with Gasteiger partial charge in [-0.2, -0.15) is 0 Å². The molecule has 1 amide bonds. The van der Waals surface area contributed by atoms with Gasteiger partial charge in [0.1, 0.15) is 0 Å². The summed E-state index contributed by atoms with van der Waals surface area (Å²) in [5, 5.41) is 6.11. The molecule has 0 radical (unpaired) electrons. The second kappa shape index (κ2) is 9.50. The monoisotopic (exact) mass is 406 g/mol. The summed E-state index contributed by atoms with van der Waals surface area (Å²) in [6, 6.07) is 25.5. The van der Waals surface area contributed by atoms with Crippen molar-refractivity contribution in [3.05, 3.63) is 103 Å².